The van der Waals surface area contributed by atoms with Crippen LogP contribution >= 0.6 is 12.2 Å². The zero-order valence-corrected chi connectivity index (χ0v) is 14.6. The maximum Gasteiger partial charge on any atom is 0.337 e. The van der Waals surface area contributed by atoms with Crippen molar-refractivity contribution in [2.75, 3.05) is 12.0 Å². The lowest BCUT2D eigenvalue weighted by Gasteiger charge is -2.37. The first-order valence-electron chi connectivity index (χ1n) is 7.73. The van der Waals surface area contributed by atoms with Crippen LogP contribution in [-0.4, -0.2) is 18.2 Å². The van der Waals surface area contributed by atoms with Gasteiger partial charge in [-0.2, -0.15) is 0 Å². The summed E-state index contributed by atoms with van der Waals surface area (Å²) in [5.41, 5.74) is 2.69. The first-order chi connectivity index (χ1) is 12.0. The molecule has 0 spiro atoms. The zero-order chi connectivity index (χ0) is 18.0. The molecule has 0 amide bonds. The minimum atomic E-state index is -0.437. The average molecular weight is 356 g/mol. The number of allylic oxidation sites excluding steroid dienone is 1. The molecule has 0 aromatic heterocycles. The van der Waals surface area contributed by atoms with Crippen LogP contribution in [0, 0.1) is 5.82 Å². The Bertz CT molecular complexity index is 834. The van der Waals surface area contributed by atoms with Crippen molar-refractivity contribution < 1.29 is 13.9 Å². The lowest BCUT2D eigenvalue weighted by molar-refractivity contribution is -0.136. The van der Waals surface area contributed by atoms with E-state index >= 15 is 0 Å². The normalized spacial score (nSPS) is 17.3. The molecule has 0 fully saturated rings. The summed E-state index contributed by atoms with van der Waals surface area (Å²) in [4.78, 5) is 14.2. The molecule has 6 heteroatoms. The Kier molecular flexibility index (Phi) is 4.81. The third-order valence-corrected chi connectivity index (χ3v) is 4.41. The predicted octanol–water partition coefficient (Wildman–Crippen LogP) is 3.71. The number of thiocarbonyl (C=S) groups is 1. The van der Waals surface area contributed by atoms with Gasteiger partial charge in [0.2, 0.25) is 0 Å². The van der Waals surface area contributed by atoms with E-state index in [2.05, 4.69) is 5.32 Å². The third-order valence-electron chi connectivity index (χ3n) is 4.11. The largest absolute Gasteiger partial charge is 0.466 e. The van der Waals surface area contributed by atoms with E-state index in [4.69, 9.17) is 17.0 Å². The molecule has 0 radical (unpaired) electrons. The van der Waals surface area contributed by atoms with Crippen molar-refractivity contribution in [1.29, 1.82) is 0 Å². The van der Waals surface area contributed by atoms with Gasteiger partial charge >= 0.3 is 5.97 Å². The van der Waals surface area contributed by atoms with E-state index in [-0.39, 0.29) is 5.82 Å². The van der Waals surface area contributed by atoms with Gasteiger partial charge in [-0.25, -0.2) is 9.18 Å². The van der Waals surface area contributed by atoms with Gasteiger partial charge in [-0.1, -0.05) is 30.3 Å². The highest BCUT2D eigenvalue weighted by Gasteiger charge is 2.35. The fourth-order valence-corrected chi connectivity index (χ4v) is 3.27. The fourth-order valence-electron chi connectivity index (χ4n) is 2.91. The zero-order valence-electron chi connectivity index (χ0n) is 13.8. The number of ether oxygens (including phenoxy) is 1. The summed E-state index contributed by atoms with van der Waals surface area (Å²) in [5.74, 6) is -0.773. The fraction of sp³-hybridized carbons (Fsp3) is 0.158. The number of halogens is 1. The SMILES string of the molecule is COC(=O)C1=C(C)N(c2ccc(F)cc2)C(=S)N[C@@H]1c1ccccc1. The van der Waals surface area contributed by atoms with Crippen molar-refractivity contribution in [3.8, 4) is 0 Å². The molecule has 128 valence electrons. The van der Waals surface area contributed by atoms with Gasteiger partial charge in [-0.05, 0) is 49.0 Å². The van der Waals surface area contributed by atoms with Crippen molar-refractivity contribution in [3.05, 3.63) is 77.2 Å². The van der Waals surface area contributed by atoms with Gasteiger partial charge < -0.3 is 10.1 Å². The number of nitrogens with zero attached hydrogens (tertiary/aromatic N) is 1. The van der Waals surface area contributed by atoms with Crippen LogP contribution in [-0.2, 0) is 9.53 Å². The minimum absolute atomic E-state index is 0.336. The summed E-state index contributed by atoms with van der Waals surface area (Å²) in [6.07, 6.45) is 0. The van der Waals surface area contributed by atoms with Gasteiger partial charge in [0.1, 0.15) is 5.82 Å². The summed E-state index contributed by atoms with van der Waals surface area (Å²) in [6, 6.07) is 15.1. The highest BCUT2D eigenvalue weighted by atomic mass is 32.1. The van der Waals surface area contributed by atoms with Gasteiger partial charge in [0, 0.05) is 11.4 Å². The summed E-state index contributed by atoms with van der Waals surface area (Å²) >= 11 is 5.51. The Balaban J connectivity index is 2.12. The first-order valence-corrected chi connectivity index (χ1v) is 8.14. The number of rotatable bonds is 3. The Labute approximate surface area is 150 Å². The molecule has 2 aromatic rings. The number of nitrogens with one attached hydrogen (secondary N) is 1. The number of esters is 1. The van der Waals surface area contributed by atoms with Gasteiger partial charge in [0.15, 0.2) is 5.11 Å². The Morgan fingerprint density at radius 3 is 2.40 bits per heavy atom. The molecular weight excluding hydrogens is 339 g/mol. The molecule has 0 unspecified atom stereocenters. The third kappa shape index (κ3) is 3.25. The van der Waals surface area contributed by atoms with Crippen LogP contribution in [0.15, 0.2) is 65.9 Å². The van der Waals surface area contributed by atoms with Gasteiger partial charge in [0.25, 0.3) is 0 Å². The summed E-state index contributed by atoms with van der Waals surface area (Å²) in [6.45, 7) is 1.80. The molecule has 25 heavy (non-hydrogen) atoms. The molecule has 0 saturated heterocycles. The number of anilines is 1. The van der Waals surface area contributed by atoms with Crippen molar-refractivity contribution in [3.63, 3.8) is 0 Å². The van der Waals surface area contributed by atoms with Crippen molar-refractivity contribution in [2.24, 2.45) is 0 Å². The van der Waals surface area contributed by atoms with Gasteiger partial charge in [-0.3, -0.25) is 4.90 Å². The highest BCUT2D eigenvalue weighted by molar-refractivity contribution is 7.80. The predicted molar refractivity (Wildman–Crippen MR) is 98.5 cm³/mol. The lowest BCUT2D eigenvalue weighted by atomic mass is 9.95. The second-order valence-corrected chi connectivity index (χ2v) is 5.98. The topological polar surface area (TPSA) is 41.6 Å². The van der Waals surface area contributed by atoms with Crippen LogP contribution < -0.4 is 10.2 Å². The number of carbonyl (C=O) groups is 1. The number of hydrogen-bond acceptors (Lipinski definition) is 3. The van der Waals surface area contributed by atoms with Crippen LogP contribution in [0.5, 0.6) is 0 Å². The van der Waals surface area contributed by atoms with Gasteiger partial charge in [-0.15, -0.1) is 0 Å². The van der Waals surface area contributed by atoms with E-state index in [1.165, 1.54) is 19.2 Å². The standard InChI is InChI=1S/C19H17FN2O2S/c1-12-16(18(23)24-2)17(13-6-4-3-5-7-13)21-19(25)22(12)15-10-8-14(20)9-11-15/h3-11,17H,1-2H3,(H,21,25)/t17-/m1/s1. The van der Waals surface area contributed by atoms with Crippen LogP contribution in [0.2, 0.25) is 0 Å². The number of carbonyl (C=O) groups excluding carboxylic acids is 1. The Morgan fingerprint density at radius 2 is 1.80 bits per heavy atom. The Hall–Kier alpha value is -2.73. The van der Waals surface area contributed by atoms with E-state index in [0.717, 1.165) is 5.56 Å². The highest BCUT2D eigenvalue weighted by Crippen LogP contribution is 2.34. The molecule has 4 nitrogen and oxygen atoms in total. The van der Waals surface area contributed by atoms with Crippen LogP contribution in [0.4, 0.5) is 10.1 Å². The van der Waals surface area contributed by atoms with E-state index in [1.54, 1.807) is 24.0 Å². The quantitative estimate of drug-likeness (QED) is 0.671. The van der Waals surface area contributed by atoms with Crippen molar-refractivity contribution >= 4 is 29.0 Å². The van der Waals surface area contributed by atoms with Crippen molar-refractivity contribution in [2.45, 2.75) is 13.0 Å². The average Bonchev–Trinajstić information content (AvgIpc) is 2.63. The number of benzene rings is 2. The molecule has 1 N–H and O–H groups in total. The minimum Gasteiger partial charge on any atom is -0.466 e. The molecule has 0 aliphatic carbocycles. The second kappa shape index (κ2) is 7.03. The maximum atomic E-state index is 13.2. The molecule has 0 saturated carbocycles. The van der Waals surface area contributed by atoms with Gasteiger partial charge in [0.05, 0.1) is 18.7 Å². The molecular formula is C19H17FN2O2S. The van der Waals surface area contributed by atoms with Crippen LogP contribution in [0.25, 0.3) is 0 Å². The summed E-state index contributed by atoms with van der Waals surface area (Å²) in [7, 11) is 1.35. The number of methoxy groups -OCH3 is 1. The Morgan fingerprint density at radius 1 is 1.16 bits per heavy atom. The van der Waals surface area contributed by atoms with Crippen molar-refractivity contribution in [1.82, 2.24) is 5.32 Å². The monoisotopic (exact) mass is 356 g/mol. The maximum absolute atomic E-state index is 13.2. The molecule has 1 aliphatic rings. The van der Waals surface area contributed by atoms with E-state index in [9.17, 15) is 9.18 Å². The smallest absolute Gasteiger partial charge is 0.337 e. The van der Waals surface area contributed by atoms with E-state index in [1.807, 2.05) is 30.3 Å². The summed E-state index contributed by atoms with van der Waals surface area (Å²) < 4.78 is 18.2. The van der Waals surface area contributed by atoms with E-state index < -0.39 is 12.0 Å². The molecule has 2 aromatic carbocycles. The molecule has 0 bridgehead atoms. The second-order valence-electron chi connectivity index (χ2n) is 5.60. The number of hydrogen-bond donors (Lipinski definition) is 1. The lowest BCUT2D eigenvalue weighted by Crippen LogP contribution is -2.48. The van der Waals surface area contributed by atoms with Crippen LogP contribution in [0.1, 0.15) is 18.5 Å². The molecule has 1 atom stereocenters. The van der Waals surface area contributed by atoms with Crippen LogP contribution in [0.3, 0.4) is 0 Å². The van der Waals surface area contributed by atoms with E-state index in [0.29, 0.717) is 22.1 Å². The molecule has 3 rings (SSSR count). The summed E-state index contributed by atoms with van der Waals surface area (Å²) in [5, 5.41) is 3.63. The molecule has 1 heterocycles. The first kappa shape index (κ1) is 17.1. The molecule has 1 aliphatic heterocycles.